The van der Waals surface area contributed by atoms with Gasteiger partial charge in [-0.25, -0.2) is 8.42 Å². The summed E-state index contributed by atoms with van der Waals surface area (Å²) >= 11 is 6.32. The minimum Gasteiger partial charge on any atom is -0.265 e. The van der Waals surface area contributed by atoms with Crippen molar-refractivity contribution < 1.29 is 8.42 Å². The predicted molar refractivity (Wildman–Crippen MR) is 78.1 cm³/mol. The molecule has 1 aromatic rings. The summed E-state index contributed by atoms with van der Waals surface area (Å²) < 4.78 is 26.5. The van der Waals surface area contributed by atoms with E-state index in [0.717, 1.165) is 24.1 Å². The molecule has 3 nitrogen and oxygen atoms in total. The molecule has 1 aliphatic carbocycles. The molecular weight excluding hydrogens is 282 g/mol. The molecule has 19 heavy (non-hydrogen) atoms. The predicted octanol–water partition coefficient (Wildman–Crippen LogP) is 3.45. The van der Waals surface area contributed by atoms with Gasteiger partial charge in [0, 0.05) is 10.6 Å². The number of hydrogen-bond acceptors (Lipinski definition) is 2. The first kappa shape index (κ1) is 13.0. The van der Waals surface area contributed by atoms with Crippen LogP contribution in [0.25, 0.3) is 0 Å². The lowest BCUT2D eigenvalue weighted by Crippen LogP contribution is -2.38. The average molecular weight is 298 g/mol. The lowest BCUT2D eigenvalue weighted by Gasteiger charge is -2.25. The molecule has 0 radical (unpaired) electrons. The van der Waals surface area contributed by atoms with Gasteiger partial charge in [0.2, 0.25) is 10.0 Å². The molecule has 1 heterocycles. The first-order valence-electron chi connectivity index (χ1n) is 6.47. The number of halogens is 1. The Morgan fingerprint density at radius 1 is 1.37 bits per heavy atom. The van der Waals surface area contributed by atoms with Crippen LogP contribution in [-0.2, 0) is 14.8 Å². The summed E-state index contributed by atoms with van der Waals surface area (Å²) in [5.74, 6) is 0. The van der Waals surface area contributed by atoms with Gasteiger partial charge in [0.1, 0.15) is 4.75 Å². The summed E-state index contributed by atoms with van der Waals surface area (Å²) in [5.41, 5.74) is 1.53. The van der Waals surface area contributed by atoms with Crippen LogP contribution < -0.4 is 4.31 Å². The van der Waals surface area contributed by atoms with Crippen molar-refractivity contribution in [2.24, 2.45) is 0 Å². The molecule has 1 aromatic carbocycles. The maximum Gasteiger partial charge on any atom is 0.245 e. The molecule has 5 heteroatoms. The van der Waals surface area contributed by atoms with Crippen LogP contribution in [-0.4, -0.2) is 15.0 Å². The number of hydrogen-bond donors (Lipinski definition) is 0. The van der Waals surface area contributed by atoms with Gasteiger partial charge >= 0.3 is 0 Å². The molecule has 2 aliphatic rings. The lowest BCUT2D eigenvalue weighted by molar-refractivity contribution is 0.532. The summed E-state index contributed by atoms with van der Waals surface area (Å²) in [4.78, 5) is 0. The molecule has 0 N–H and O–H groups in total. The van der Waals surface area contributed by atoms with Crippen LogP contribution in [0.15, 0.2) is 30.9 Å². The quantitative estimate of drug-likeness (QED) is 0.784. The highest BCUT2D eigenvalue weighted by Crippen LogP contribution is 2.57. The molecule has 1 spiro atoms. The Kier molecular flexibility index (Phi) is 2.91. The summed E-state index contributed by atoms with van der Waals surface area (Å²) in [6.07, 6.45) is 4.83. The van der Waals surface area contributed by atoms with E-state index in [0.29, 0.717) is 24.4 Å². The average Bonchev–Trinajstić information content (AvgIpc) is 2.91. The van der Waals surface area contributed by atoms with Gasteiger partial charge in [-0.15, -0.1) is 6.58 Å². The van der Waals surface area contributed by atoms with Crippen molar-refractivity contribution in [3.63, 3.8) is 0 Å². The molecule has 0 atom stereocenters. The molecule has 0 bridgehead atoms. The summed E-state index contributed by atoms with van der Waals surface area (Å²) in [6.45, 7) is 3.96. The van der Waals surface area contributed by atoms with E-state index >= 15 is 0 Å². The largest absolute Gasteiger partial charge is 0.265 e. The number of benzene rings is 1. The van der Waals surface area contributed by atoms with Gasteiger partial charge in [-0.3, -0.25) is 4.31 Å². The summed E-state index contributed by atoms with van der Waals surface area (Å²) in [5, 5.41) is 0.564. The van der Waals surface area contributed by atoms with Crippen LogP contribution in [0.1, 0.15) is 31.2 Å². The van der Waals surface area contributed by atoms with E-state index in [2.05, 4.69) is 6.58 Å². The van der Waals surface area contributed by atoms with Crippen molar-refractivity contribution in [1.29, 1.82) is 0 Å². The van der Waals surface area contributed by atoms with Gasteiger partial charge in [-0.2, -0.15) is 0 Å². The molecule has 0 saturated heterocycles. The van der Waals surface area contributed by atoms with Gasteiger partial charge in [-0.1, -0.05) is 36.6 Å². The second-order valence-electron chi connectivity index (χ2n) is 5.16. The highest BCUT2D eigenvalue weighted by Gasteiger charge is 2.57. The maximum atomic E-state index is 12.9. The minimum absolute atomic E-state index is 0.303. The molecule has 3 rings (SSSR count). The van der Waals surface area contributed by atoms with E-state index in [1.165, 1.54) is 4.31 Å². The standard InChI is InChI=1S/C14H16ClNO2S/c1-2-10-16-12-7-5-6-11(15)13(12)14(19(16,17)18)8-3-4-9-14/h2,5-7H,1,3-4,8-10H2. The van der Waals surface area contributed by atoms with E-state index < -0.39 is 14.8 Å². The van der Waals surface area contributed by atoms with E-state index in [-0.39, 0.29) is 0 Å². The monoisotopic (exact) mass is 297 g/mol. The second kappa shape index (κ2) is 4.25. The zero-order chi connectivity index (χ0) is 13.7. The Labute approximate surface area is 118 Å². The minimum atomic E-state index is -3.39. The fourth-order valence-corrected chi connectivity index (χ4v) is 6.23. The van der Waals surface area contributed by atoms with E-state index in [9.17, 15) is 8.42 Å². The molecular formula is C14H16ClNO2S. The van der Waals surface area contributed by atoms with Crippen molar-refractivity contribution >= 4 is 27.3 Å². The van der Waals surface area contributed by atoms with Crippen molar-refractivity contribution in [3.8, 4) is 0 Å². The lowest BCUT2D eigenvalue weighted by atomic mass is 9.95. The molecule has 1 fully saturated rings. The topological polar surface area (TPSA) is 37.4 Å². The van der Waals surface area contributed by atoms with Crippen LogP contribution in [0.3, 0.4) is 0 Å². The number of anilines is 1. The second-order valence-corrected chi connectivity index (χ2v) is 7.74. The van der Waals surface area contributed by atoms with Gasteiger partial charge in [0.05, 0.1) is 12.2 Å². The Morgan fingerprint density at radius 2 is 2.05 bits per heavy atom. The molecule has 102 valence electrons. The number of nitrogens with zero attached hydrogens (tertiary/aromatic N) is 1. The number of sulfonamides is 1. The van der Waals surface area contributed by atoms with E-state index in [1.807, 2.05) is 6.07 Å². The Morgan fingerprint density at radius 3 is 2.68 bits per heavy atom. The van der Waals surface area contributed by atoms with Crippen molar-refractivity contribution in [2.45, 2.75) is 30.4 Å². The van der Waals surface area contributed by atoms with Gasteiger partial charge in [0.15, 0.2) is 0 Å². The van der Waals surface area contributed by atoms with E-state index in [1.54, 1.807) is 18.2 Å². The third kappa shape index (κ3) is 1.53. The Balaban J connectivity index is 2.31. The van der Waals surface area contributed by atoms with Crippen LogP contribution in [0.5, 0.6) is 0 Å². The summed E-state index contributed by atoms with van der Waals surface area (Å²) in [7, 11) is -3.39. The molecule has 0 unspecified atom stereocenters. The van der Waals surface area contributed by atoms with Gasteiger partial charge in [0.25, 0.3) is 0 Å². The first-order valence-corrected chi connectivity index (χ1v) is 8.28. The Hall–Kier alpha value is -1.00. The van der Waals surface area contributed by atoms with Crippen molar-refractivity contribution in [1.82, 2.24) is 0 Å². The summed E-state index contributed by atoms with van der Waals surface area (Å²) in [6, 6.07) is 5.43. The smallest absolute Gasteiger partial charge is 0.245 e. The highest BCUT2D eigenvalue weighted by molar-refractivity contribution is 7.94. The third-order valence-electron chi connectivity index (χ3n) is 4.21. The number of fused-ring (bicyclic) bond motifs is 2. The van der Waals surface area contributed by atoms with E-state index in [4.69, 9.17) is 11.6 Å². The van der Waals surface area contributed by atoms with Gasteiger partial charge < -0.3 is 0 Å². The fraction of sp³-hybridized carbons (Fsp3) is 0.429. The number of rotatable bonds is 2. The normalized spacial score (nSPS) is 22.7. The maximum absolute atomic E-state index is 12.9. The van der Waals surface area contributed by atoms with Crippen molar-refractivity contribution in [3.05, 3.63) is 41.4 Å². The molecule has 0 amide bonds. The fourth-order valence-electron chi connectivity index (χ4n) is 3.41. The molecule has 1 saturated carbocycles. The van der Waals surface area contributed by atoms with Crippen LogP contribution in [0.2, 0.25) is 5.02 Å². The van der Waals surface area contributed by atoms with Crippen LogP contribution in [0, 0.1) is 0 Å². The molecule has 0 aromatic heterocycles. The van der Waals surface area contributed by atoms with Crippen molar-refractivity contribution in [2.75, 3.05) is 10.8 Å². The zero-order valence-corrected chi connectivity index (χ0v) is 12.2. The third-order valence-corrected chi connectivity index (χ3v) is 7.05. The first-order chi connectivity index (χ1) is 9.04. The Bertz CT molecular complexity index is 633. The molecule has 1 aliphatic heterocycles. The highest BCUT2D eigenvalue weighted by atomic mass is 35.5. The van der Waals surface area contributed by atoms with Crippen LogP contribution in [0.4, 0.5) is 5.69 Å². The SMILES string of the molecule is C=CCN1c2cccc(Cl)c2C2(CCCC2)S1(=O)=O. The van der Waals surface area contributed by atoms with Gasteiger partial charge in [-0.05, 0) is 25.0 Å². The van der Waals surface area contributed by atoms with Crippen LogP contribution >= 0.6 is 11.6 Å². The zero-order valence-electron chi connectivity index (χ0n) is 10.6.